The minimum Gasteiger partial charge on any atom is -0.482 e. The van der Waals surface area contributed by atoms with Crippen molar-refractivity contribution in [3.05, 3.63) is 46.6 Å². The molecule has 0 radical (unpaired) electrons. The number of halogens is 2. The third kappa shape index (κ3) is 5.91. The normalized spacial score (nSPS) is 10.5. The van der Waals surface area contributed by atoms with Gasteiger partial charge in [-0.05, 0) is 36.2 Å². The van der Waals surface area contributed by atoms with Crippen molar-refractivity contribution in [1.82, 2.24) is 4.98 Å². The smallest absolute Gasteiger partial charge is 0.262 e. The lowest BCUT2D eigenvalue weighted by atomic mass is 10.2. The zero-order valence-corrected chi connectivity index (χ0v) is 15.0. The number of nitrogens with zero attached hydrogens (tertiary/aromatic N) is 1. The van der Waals surface area contributed by atoms with Crippen LogP contribution >= 0.6 is 23.2 Å². The number of amides is 1. The van der Waals surface area contributed by atoms with Crippen molar-refractivity contribution in [3.8, 4) is 5.75 Å². The Kier molecular flexibility index (Phi) is 6.70. The van der Waals surface area contributed by atoms with Crippen LogP contribution in [0.3, 0.4) is 0 Å². The number of carbonyl (C=O) groups excluding carboxylic acids is 1. The molecule has 0 fully saturated rings. The molecular formula is C17H19Cl2N3O2. The summed E-state index contributed by atoms with van der Waals surface area (Å²) < 4.78 is 5.38. The Morgan fingerprint density at radius 3 is 2.67 bits per heavy atom. The van der Waals surface area contributed by atoms with Crippen molar-refractivity contribution in [2.24, 2.45) is 5.92 Å². The average Bonchev–Trinajstić information content (AvgIpc) is 2.53. The van der Waals surface area contributed by atoms with Crippen LogP contribution in [0.5, 0.6) is 5.75 Å². The summed E-state index contributed by atoms with van der Waals surface area (Å²) in [6.07, 6.45) is 1.59. The molecule has 0 bridgehead atoms. The molecule has 2 rings (SSSR count). The topological polar surface area (TPSA) is 63.2 Å². The summed E-state index contributed by atoms with van der Waals surface area (Å²) in [5, 5.41) is 6.79. The van der Waals surface area contributed by atoms with E-state index < -0.39 is 0 Å². The fourth-order valence-corrected chi connectivity index (χ4v) is 2.28. The molecule has 0 saturated heterocycles. The van der Waals surface area contributed by atoms with Crippen molar-refractivity contribution in [1.29, 1.82) is 0 Å². The van der Waals surface area contributed by atoms with Crippen LogP contribution in [0.1, 0.15) is 13.8 Å². The Bertz CT molecular complexity index is 691. The monoisotopic (exact) mass is 367 g/mol. The molecule has 0 spiro atoms. The average molecular weight is 368 g/mol. The SMILES string of the molecule is CC(C)CNc1ccc(NC(=O)COc2ccc(Cl)cc2Cl)cn1. The van der Waals surface area contributed by atoms with E-state index in [-0.39, 0.29) is 12.5 Å². The molecule has 0 atom stereocenters. The third-order valence-corrected chi connectivity index (χ3v) is 3.52. The molecule has 2 aromatic rings. The van der Waals surface area contributed by atoms with Crippen LogP contribution in [0.2, 0.25) is 10.0 Å². The first-order chi connectivity index (χ1) is 11.4. The Balaban J connectivity index is 1.83. The quantitative estimate of drug-likeness (QED) is 0.757. The summed E-state index contributed by atoms with van der Waals surface area (Å²) >= 11 is 11.8. The molecule has 0 aliphatic carbocycles. The largest absolute Gasteiger partial charge is 0.482 e. The molecule has 7 heteroatoms. The maximum atomic E-state index is 11.9. The number of nitrogens with one attached hydrogen (secondary N) is 2. The molecule has 2 N–H and O–H groups in total. The van der Waals surface area contributed by atoms with Gasteiger partial charge in [-0.25, -0.2) is 4.98 Å². The molecule has 5 nitrogen and oxygen atoms in total. The van der Waals surface area contributed by atoms with Crippen LogP contribution in [0.25, 0.3) is 0 Å². The van der Waals surface area contributed by atoms with Gasteiger partial charge in [-0.2, -0.15) is 0 Å². The minimum atomic E-state index is -0.300. The molecule has 0 unspecified atom stereocenters. The van der Waals surface area contributed by atoms with E-state index in [0.29, 0.717) is 27.4 Å². The number of rotatable bonds is 7. The van der Waals surface area contributed by atoms with Crippen LogP contribution in [0.4, 0.5) is 11.5 Å². The van der Waals surface area contributed by atoms with Crippen LogP contribution in [-0.4, -0.2) is 24.0 Å². The molecule has 0 aliphatic heterocycles. The predicted octanol–water partition coefficient (Wildman–Crippen LogP) is 4.47. The first-order valence-electron chi connectivity index (χ1n) is 7.51. The zero-order valence-electron chi connectivity index (χ0n) is 13.5. The summed E-state index contributed by atoms with van der Waals surface area (Å²) in [4.78, 5) is 16.2. The second kappa shape index (κ2) is 8.76. The van der Waals surface area contributed by atoms with Crippen molar-refractivity contribution in [3.63, 3.8) is 0 Å². The maximum absolute atomic E-state index is 11.9. The van der Waals surface area contributed by atoms with E-state index in [2.05, 4.69) is 29.5 Å². The number of hydrogen-bond acceptors (Lipinski definition) is 4. The van der Waals surface area contributed by atoms with Gasteiger partial charge in [-0.15, -0.1) is 0 Å². The Morgan fingerprint density at radius 2 is 2.04 bits per heavy atom. The highest BCUT2D eigenvalue weighted by molar-refractivity contribution is 6.35. The van der Waals surface area contributed by atoms with Crippen molar-refractivity contribution in [2.45, 2.75) is 13.8 Å². The Labute approximate surface area is 151 Å². The molecule has 1 aromatic heterocycles. The molecule has 1 amide bonds. The van der Waals surface area contributed by atoms with E-state index in [0.717, 1.165) is 12.4 Å². The standard InChI is InChI=1S/C17H19Cl2N3O2/c1-11(2)8-20-16-6-4-13(9-21-16)22-17(23)10-24-15-5-3-12(18)7-14(15)19/h3-7,9,11H,8,10H2,1-2H3,(H,20,21)(H,22,23). The van der Waals surface area contributed by atoms with Gasteiger partial charge in [-0.1, -0.05) is 37.0 Å². The van der Waals surface area contributed by atoms with E-state index in [1.807, 2.05) is 6.07 Å². The molecule has 0 saturated carbocycles. The van der Waals surface area contributed by atoms with Gasteiger partial charge in [0.15, 0.2) is 6.61 Å². The molecule has 0 aliphatic rings. The van der Waals surface area contributed by atoms with Crippen LogP contribution in [0, 0.1) is 5.92 Å². The number of hydrogen-bond donors (Lipinski definition) is 2. The summed E-state index contributed by atoms with van der Waals surface area (Å²) in [7, 11) is 0. The fourth-order valence-electron chi connectivity index (χ4n) is 1.81. The lowest BCUT2D eigenvalue weighted by Gasteiger charge is -2.10. The van der Waals surface area contributed by atoms with E-state index in [1.165, 1.54) is 0 Å². The van der Waals surface area contributed by atoms with Gasteiger partial charge in [-0.3, -0.25) is 4.79 Å². The highest BCUT2D eigenvalue weighted by Crippen LogP contribution is 2.27. The lowest BCUT2D eigenvalue weighted by molar-refractivity contribution is -0.118. The molecule has 24 heavy (non-hydrogen) atoms. The van der Waals surface area contributed by atoms with Gasteiger partial charge in [0.1, 0.15) is 11.6 Å². The second-order valence-electron chi connectivity index (χ2n) is 5.62. The van der Waals surface area contributed by atoms with Crippen LogP contribution in [0.15, 0.2) is 36.5 Å². The Hall–Kier alpha value is -1.98. The van der Waals surface area contributed by atoms with Gasteiger partial charge < -0.3 is 15.4 Å². The van der Waals surface area contributed by atoms with Gasteiger partial charge in [0.2, 0.25) is 0 Å². The minimum absolute atomic E-state index is 0.158. The van der Waals surface area contributed by atoms with E-state index in [1.54, 1.807) is 30.5 Å². The third-order valence-electron chi connectivity index (χ3n) is 2.99. The summed E-state index contributed by atoms with van der Waals surface area (Å²) in [6, 6.07) is 8.42. The number of pyridine rings is 1. The number of benzene rings is 1. The van der Waals surface area contributed by atoms with Gasteiger partial charge in [0.05, 0.1) is 16.9 Å². The van der Waals surface area contributed by atoms with Gasteiger partial charge in [0.25, 0.3) is 5.91 Å². The molecular weight excluding hydrogens is 349 g/mol. The van der Waals surface area contributed by atoms with Crippen molar-refractivity contribution in [2.75, 3.05) is 23.8 Å². The number of aromatic nitrogens is 1. The summed E-state index contributed by atoms with van der Waals surface area (Å²) in [5.41, 5.74) is 0.598. The van der Waals surface area contributed by atoms with Gasteiger partial charge in [0, 0.05) is 11.6 Å². The molecule has 1 heterocycles. The summed E-state index contributed by atoms with van der Waals surface area (Å²) in [6.45, 7) is 4.92. The number of carbonyl (C=O) groups is 1. The highest BCUT2D eigenvalue weighted by Gasteiger charge is 2.07. The van der Waals surface area contributed by atoms with Crippen LogP contribution in [-0.2, 0) is 4.79 Å². The molecule has 1 aromatic carbocycles. The Morgan fingerprint density at radius 1 is 1.25 bits per heavy atom. The first-order valence-corrected chi connectivity index (χ1v) is 8.27. The first kappa shape index (κ1) is 18.4. The molecule has 128 valence electrons. The predicted molar refractivity (Wildman–Crippen MR) is 98.2 cm³/mol. The second-order valence-corrected chi connectivity index (χ2v) is 6.46. The number of ether oxygens (including phenoxy) is 1. The lowest BCUT2D eigenvalue weighted by Crippen LogP contribution is -2.20. The van der Waals surface area contributed by atoms with E-state index in [9.17, 15) is 4.79 Å². The summed E-state index contributed by atoms with van der Waals surface area (Å²) in [5.74, 6) is 1.40. The van der Waals surface area contributed by atoms with Gasteiger partial charge >= 0.3 is 0 Å². The number of anilines is 2. The van der Waals surface area contributed by atoms with Crippen molar-refractivity contribution < 1.29 is 9.53 Å². The van der Waals surface area contributed by atoms with E-state index in [4.69, 9.17) is 27.9 Å². The van der Waals surface area contributed by atoms with E-state index >= 15 is 0 Å². The highest BCUT2D eigenvalue weighted by atomic mass is 35.5. The maximum Gasteiger partial charge on any atom is 0.262 e. The fraction of sp³-hybridized carbons (Fsp3) is 0.294. The van der Waals surface area contributed by atoms with Crippen LogP contribution < -0.4 is 15.4 Å². The van der Waals surface area contributed by atoms with Crippen molar-refractivity contribution >= 4 is 40.6 Å². The zero-order chi connectivity index (χ0) is 17.5.